The molecule has 0 aliphatic carbocycles. The number of nitrogens with zero attached hydrogens (tertiary/aromatic N) is 2. The molecular formula is C17H20FN3O4. The summed E-state index contributed by atoms with van der Waals surface area (Å²) in [6, 6.07) is 2.40. The van der Waals surface area contributed by atoms with E-state index in [1.54, 1.807) is 0 Å². The number of nitrogens with one attached hydrogen (secondary N) is 1. The van der Waals surface area contributed by atoms with E-state index in [9.17, 15) is 24.1 Å². The Morgan fingerprint density at radius 1 is 1.40 bits per heavy atom. The van der Waals surface area contributed by atoms with E-state index in [1.807, 2.05) is 0 Å². The first-order valence-corrected chi connectivity index (χ1v) is 7.46. The van der Waals surface area contributed by atoms with Crippen LogP contribution in [0.1, 0.15) is 18.9 Å². The predicted molar refractivity (Wildman–Crippen MR) is 91.6 cm³/mol. The fraction of sp³-hybridized carbons (Fsp3) is 0.294. The molecule has 134 valence electrons. The van der Waals surface area contributed by atoms with Crippen LogP contribution in [0.15, 0.2) is 43.5 Å². The lowest BCUT2D eigenvalue weighted by Gasteiger charge is -2.32. The average molecular weight is 349 g/mol. The molecule has 0 saturated heterocycles. The summed E-state index contributed by atoms with van der Waals surface area (Å²) in [7, 11) is 0. The molecule has 1 aromatic carbocycles. The van der Waals surface area contributed by atoms with Gasteiger partial charge < -0.3 is 15.0 Å². The van der Waals surface area contributed by atoms with Crippen LogP contribution < -0.4 is 5.32 Å². The van der Waals surface area contributed by atoms with Gasteiger partial charge in [-0.05, 0) is 13.0 Å². The summed E-state index contributed by atoms with van der Waals surface area (Å²) in [5, 5.41) is 13.5. The number of hydrogen-bond acceptors (Lipinski definition) is 4. The number of amides is 2. The van der Waals surface area contributed by atoms with Crippen molar-refractivity contribution < 1.29 is 18.9 Å². The van der Waals surface area contributed by atoms with E-state index in [0.717, 1.165) is 18.2 Å². The maximum Gasteiger partial charge on any atom is 0.318 e. The smallest absolute Gasteiger partial charge is 0.318 e. The molecule has 0 aliphatic rings. The highest BCUT2D eigenvalue weighted by Gasteiger charge is 2.33. The fourth-order valence-electron chi connectivity index (χ4n) is 2.31. The molecule has 0 radical (unpaired) electrons. The Balaban J connectivity index is 3.27. The average Bonchev–Trinajstić information content (AvgIpc) is 2.54. The molecule has 1 aromatic rings. The third-order valence-corrected chi connectivity index (χ3v) is 3.62. The molecule has 0 saturated carbocycles. The Hall–Kier alpha value is -3.03. The summed E-state index contributed by atoms with van der Waals surface area (Å²) in [6.45, 7) is 8.97. The van der Waals surface area contributed by atoms with Crippen LogP contribution in [-0.2, 0) is 10.3 Å². The Labute approximate surface area is 145 Å². The van der Waals surface area contributed by atoms with Crippen molar-refractivity contribution in [2.24, 2.45) is 0 Å². The van der Waals surface area contributed by atoms with Gasteiger partial charge in [-0.2, -0.15) is 0 Å². The number of nitro groups is 1. The lowest BCUT2D eigenvalue weighted by molar-refractivity contribution is -0.385. The van der Waals surface area contributed by atoms with Crippen molar-refractivity contribution in [2.45, 2.75) is 18.9 Å². The van der Waals surface area contributed by atoms with E-state index in [2.05, 4.69) is 18.5 Å². The van der Waals surface area contributed by atoms with Gasteiger partial charge in [0.05, 0.1) is 10.5 Å². The van der Waals surface area contributed by atoms with Gasteiger partial charge in [0.2, 0.25) is 0 Å². The van der Waals surface area contributed by atoms with Gasteiger partial charge in [0.25, 0.3) is 5.69 Å². The van der Waals surface area contributed by atoms with Crippen LogP contribution in [0, 0.1) is 15.9 Å². The number of rotatable bonds is 9. The maximum absolute atomic E-state index is 14.3. The lowest BCUT2D eigenvalue weighted by atomic mass is 9.88. The molecule has 1 rings (SSSR count). The molecule has 2 amide bonds. The van der Waals surface area contributed by atoms with Crippen LogP contribution in [0.2, 0.25) is 0 Å². The van der Waals surface area contributed by atoms with Crippen LogP contribution in [0.5, 0.6) is 0 Å². The summed E-state index contributed by atoms with van der Waals surface area (Å²) in [5.74, 6) is -0.755. The van der Waals surface area contributed by atoms with Crippen molar-refractivity contribution in [3.8, 4) is 0 Å². The molecule has 1 atom stereocenters. The number of benzene rings is 1. The number of carbonyl (C=O) groups is 2. The number of aldehydes is 1. The van der Waals surface area contributed by atoms with E-state index in [1.165, 1.54) is 24.0 Å². The number of halogens is 1. The molecule has 0 unspecified atom stereocenters. The van der Waals surface area contributed by atoms with Crippen molar-refractivity contribution in [3.05, 3.63) is 65.0 Å². The van der Waals surface area contributed by atoms with Gasteiger partial charge in [-0.15, -0.1) is 13.2 Å². The van der Waals surface area contributed by atoms with Gasteiger partial charge in [-0.3, -0.25) is 10.1 Å². The Bertz CT molecular complexity index is 682. The summed E-state index contributed by atoms with van der Waals surface area (Å²) in [5.41, 5.74) is -1.92. The number of carbonyl (C=O) groups excluding carboxylic acids is 2. The molecule has 0 aromatic heterocycles. The molecule has 0 spiro atoms. The van der Waals surface area contributed by atoms with Gasteiger partial charge >= 0.3 is 6.03 Å². The largest absolute Gasteiger partial charge is 0.328 e. The highest BCUT2D eigenvalue weighted by atomic mass is 19.1. The molecular weight excluding hydrogens is 329 g/mol. The Morgan fingerprint density at radius 2 is 2.00 bits per heavy atom. The molecule has 8 heteroatoms. The van der Waals surface area contributed by atoms with Crippen molar-refractivity contribution >= 4 is 18.0 Å². The maximum atomic E-state index is 14.3. The van der Waals surface area contributed by atoms with Crippen LogP contribution >= 0.6 is 0 Å². The van der Waals surface area contributed by atoms with Gasteiger partial charge in [0, 0.05) is 37.2 Å². The van der Waals surface area contributed by atoms with Crippen LogP contribution in [0.4, 0.5) is 14.9 Å². The second-order valence-electron chi connectivity index (χ2n) is 5.54. The number of urea groups is 1. The van der Waals surface area contributed by atoms with Crippen LogP contribution in [-0.4, -0.2) is 35.2 Å². The van der Waals surface area contributed by atoms with E-state index in [4.69, 9.17) is 0 Å². The topological polar surface area (TPSA) is 92.6 Å². The van der Waals surface area contributed by atoms with Gasteiger partial charge in [-0.1, -0.05) is 12.2 Å². The third kappa shape index (κ3) is 4.97. The fourth-order valence-corrected chi connectivity index (χ4v) is 2.31. The Kier molecular flexibility index (Phi) is 6.98. The quantitative estimate of drug-likeness (QED) is 0.321. The summed E-state index contributed by atoms with van der Waals surface area (Å²) in [4.78, 5) is 35.2. The minimum Gasteiger partial charge on any atom is -0.328 e. The third-order valence-electron chi connectivity index (χ3n) is 3.62. The van der Waals surface area contributed by atoms with E-state index in [0.29, 0.717) is 6.29 Å². The first kappa shape index (κ1) is 20.0. The van der Waals surface area contributed by atoms with Gasteiger partial charge in [0.1, 0.15) is 12.1 Å². The minimum absolute atomic E-state index is 0.140. The normalized spacial score (nSPS) is 12.6. The highest BCUT2D eigenvalue weighted by Crippen LogP contribution is 2.30. The van der Waals surface area contributed by atoms with Crippen molar-refractivity contribution in [2.75, 3.05) is 13.1 Å². The molecule has 0 aliphatic heterocycles. The monoisotopic (exact) mass is 349 g/mol. The molecule has 7 nitrogen and oxygen atoms in total. The summed E-state index contributed by atoms with van der Waals surface area (Å²) < 4.78 is 14.3. The number of hydrogen-bond donors (Lipinski definition) is 1. The SMILES string of the molecule is C=CCN(CC=C)C(=O)N[C@@](C)(CC=O)c1cc([N+](=O)[O-])ccc1F. The first-order valence-electron chi connectivity index (χ1n) is 7.46. The van der Waals surface area contributed by atoms with E-state index < -0.39 is 22.3 Å². The zero-order valence-corrected chi connectivity index (χ0v) is 13.9. The number of non-ortho nitro benzene ring substituents is 1. The molecule has 0 bridgehead atoms. The van der Waals surface area contributed by atoms with Crippen molar-refractivity contribution in [1.29, 1.82) is 0 Å². The lowest BCUT2D eigenvalue weighted by Crippen LogP contribution is -2.50. The molecule has 0 heterocycles. The van der Waals surface area contributed by atoms with E-state index >= 15 is 0 Å². The molecule has 1 N–H and O–H groups in total. The van der Waals surface area contributed by atoms with Gasteiger partial charge in [0.15, 0.2) is 0 Å². The zero-order chi connectivity index (χ0) is 19.0. The highest BCUT2D eigenvalue weighted by molar-refractivity contribution is 5.76. The number of nitro benzene ring substituents is 1. The van der Waals surface area contributed by atoms with Crippen LogP contribution in [0.25, 0.3) is 0 Å². The second kappa shape index (κ2) is 8.72. The first-order chi connectivity index (χ1) is 11.8. The molecule has 0 fully saturated rings. The summed E-state index contributed by atoms with van der Waals surface area (Å²) in [6.07, 6.45) is 3.28. The van der Waals surface area contributed by atoms with Crippen LogP contribution in [0.3, 0.4) is 0 Å². The molecule has 25 heavy (non-hydrogen) atoms. The zero-order valence-electron chi connectivity index (χ0n) is 13.9. The predicted octanol–water partition coefficient (Wildman–Crippen LogP) is 2.92. The van der Waals surface area contributed by atoms with Gasteiger partial charge in [-0.25, -0.2) is 9.18 Å². The Morgan fingerprint density at radius 3 is 2.48 bits per heavy atom. The van der Waals surface area contributed by atoms with E-state index in [-0.39, 0.29) is 30.8 Å². The van der Waals surface area contributed by atoms with Crippen molar-refractivity contribution in [3.63, 3.8) is 0 Å². The standard InChI is InChI=1S/C17H20FN3O4/c1-4-9-20(10-5-2)16(23)19-17(3,8-11-22)14-12-13(21(24)25)6-7-15(14)18/h4-7,11-12H,1-2,8-10H2,3H3,(H,19,23)/t17-/m0/s1. The van der Waals surface area contributed by atoms with Crippen molar-refractivity contribution in [1.82, 2.24) is 10.2 Å². The second-order valence-corrected chi connectivity index (χ2v) is 5.54. The minimum atomic E-state index is -1.45. The summed E-state index contributed by atoms with van der Waals surface area (Å²) >= 11 is 0.